The molecule has 1 fully saturated rings. The number of benzene rings is 3. The highest BCUT2D eigenvalue weighted by atomic mass is 32.2. The van der Waals surface area contributed by atoms with Gasteiger partial charge in [-0.1, -0.05) is 73.6 Å². The first kappa shape index (κ1) is 65.3. The Hall–Kier alpha value is -7.14. The number of aromatic nitrogens is 4. The lowest BCUT2D eigenvalue weighted by Gasteiger charge is -2.43. The standard InChI is InChI=1S/C60H74N9O16PS2/c1-6-68-45-34-47-42(33-41(45)37(2)35-59(68,3)4)39(31-46(84-47)38-19-11-9-12-20-38)21-13-10-14-22-49-60(5,43-32-40(88(80,81)82)24-25-44(43)67(49)29-18-30-87(77,78)79)26-17-23-50(70)62-27-15-7-8-16-28-63-58-64-51-54(65-57(61)66-55(51)73)69(58)56-53(72)52(71)48(85-56)36-83-86(74,75)76/h9-14,19-22,24-25,31-35,48,52-53,56,71-72H,6-8,15-18,23,26-30,36H2,1-5H3,(H8-,61,62,63,64,65,66,70,73,74,75,76,77,78,79,80,81,82)/p+1/t48-,52-,53-,56-,60?/m1/s1. The number of hydrogen-bond acceptors (Lipinski definition) is 17. The highest BCUT2D eigenvalue weighted by Crippen LogP contribution is 2.48. The Labute approximate surface area is 509 Å². The Balaban J connectivity index is 0.870. The van der Waals surface area contributed by atoms with Crippen LogP contribution in [0.1, 0.15) is 114 Å². The number of aromatic amines is 1. The van der Waals surface area contributed by atoms with Gasteiger partial charge in [-0.2, -0.15) is 26.4 Å². The van der Waals surface area contributed by atoms with E-state index in [4.69, 9.17) is 15.2 Å². The van der Waals surface area contributed by atoms with E-state index in [0.717, 1.165) is 45.8 Å². The highest BCUT2D eigenvalue weighted by molar-refractivity contribution is 7.86. The quantitative estimate of drug-likeness (QED) is 0.00882. The molecule has 0 radical (unpaired) electrons. The van der Waals surface area contributed by atoms with Gasteiger partial charge in [0, 0.05) is 78.6 Å². The van der Waals surface area contributed by atoms with Crippen molar-refractivity contribution < 1.29 is 73.9 Å². The molecule has 88 heavy (non-hydrogen) atoms. The van der Waals surface area contributed by atoms with Crippen LogP contribution in [0, 0.1) is 0 Å². The first-order valence-corrected chi connectivity index (χ1v) is 33.5. The fourth-order valence-corrected chi connectivity index (χ4v) is 13.4. The molecule has 0 spiro atoms. The predicted octanol–water partition coefficient (Wildman–Crippen LogP) is 6.92. The van der Waals surface area contributed by atoms with Crippen molar-refractivity contribution in [1.82, 2.24) is 24.8 Å². The molecule has 4 aliphatic rings. The Bertz CT molecular complexity index is 4020. The molecular formula is C60H75N9O16PS2+. The first-order chi connectivity index (χ1) is 41.6. The zero-order chi connectivity index (χ0) is 63.5. The molecule has 2 aromatic heterocycles. The number of imidazole rings is 1. The van der Waals surface area contributed by atoms with Crippen molar-refractivity contribution >= 4 is 91.0 Å². The van der Waals surface area contributed by atoms with Crippen LogP contribution in [0.5, 0.6) is 5.75 Å². The van der Waals surface area contributed by atoms with E-state index >= 15 is 0 Å². The minimum atomic E-state index is -4.95. The average molecular weight is 1270 g/mol. The monoisotopic (exact) mass is 1270 g/mol. The molecule has 1 saturated heterocycles. The lowest BCUT2D eigenvalue weighted by Crippen LogP contribution is -2.44. The van der Waals surface area contributed by atoms with Crippen LogP contribution in [0.2, 0.25) is 0 Å². The van der Waals surface area contributed by atoms with Gasteiger partial charge in [0.15, 0.2) is 23.1 Å². The lowest BCUT2D eigenvalue weighted by molar-refractivity contribution is -0.437. The molecule has 5 atom stereocenters. The SMILES string of the molecule is CCN1c2cc3c(cc2C(C)=CC1(C)C)C(=CC=CC=CC1=[N+](CCCS(=O)(=O)O)c2ccc(S(=O)(=O)O)cc2C1(C)CCCC(=O)NCCCCCCNc1nc2c(=O)[nH]c(N)nc2n1[C@@H]1O[C@H](COP(=O)(O)O)[C@@H](O)[C@H]1O)C=C(c1ccccc1)O3. The molecule has 3 aromatic carbocycles. The minimum absolute atomic E-state index is 0.0195. The minimum Gasteiger partial charge on any atom is -0.456 e. The Morgan fingerprint density at radius 3 is 2.38 bits per heavy atom. The number of rotatable bonds is 26. The smallest absolute Gasteiger partial charge is 0.456 e. The van der Waals surface area contributed by atoms with Crippen molar-refractivity contribution in [2.45, 2.75) is 126 Å². The van der Waals surface area contributed by atoms with E-state index in [2.05, 4.69) is 80.9 Å². The Kier molecular flexibility index (Phi) is 19.7. The van der Waals surface area contributed by atoms with E-state index in [9.17, 15) is 60.1 Å². The van der Waals surface area contributed by atoms with Crippen LogP contribution in [-0.4, -0.2) is 144 Å². The number of phosphoric acid groups is 1. The van der Waals surface area contributed by atoms with Gasteiger partial charge < -0.3 is 50.7 Å². The molecule has 28 heteroatoms. The number of phosphoric ester groups is 1. The highest BCUT2D eigenvalue weighted by Gasteiger charge is 2.49. The maximum absolute atomic E-state index is 13.4. The summed E-state index contributed by atoms with van der Waals surface area (Å²) in [5.41, 5.74) is 11.6. The molecule has 1 amide bonds. The van der Waals surface area contributed by atoms with Crippen molar-refractivity contribution in [1.29, 1.82) is 0 Å². The van der Waals surface area contributed by atoms with Gasteiger partial charge in [-0.05, 0) is 95.7 Å². The van der Waals surface area contributed by atoms with Crippen molar-refractivity contribution in [2.75, 3.05) is 54.5 Å². The van der Waals surface area contributed by atoms with E-state index in [0.29, 0.717) is 74.3 Å². The number of H-pyrrole nitrogens is 1. The molecule has 9 rings (SSSR count). The van der Waals surface area contributed by atoms with Crippen LogP contribution >= 0.6 is 7.82 Å². The van der Waals surface area contributed by atoms with E-state index in [-0.39, 0.29) is 58.8 Å². The molecule has 5 aromatic rings. The van der Waals surface area contributed by atoms with Gasteiger partial charge in [-0.15, -0.1) is 0 Å². The number of amides is 1. The lowest BCUT2D eigenvalue weighted by atomic mass is 9.75. The zero-order valence-corrected chi connectivity index (χ0v) is 51.9. The summed E-state index contributed by atoms with van der Waals surface area (Å²) >= 11 is 0. The topological polar surface area (TPSA) is 371 Å². The number of nitrogen functional groups attached to an aromatic ring is 1. The number of ether oxygens (including phenoxy) is 2. The number of fused-ring (bicyclic) bond motifs is 4. The summed E-state index contributed by atoms with van der Waals surface area (Å²) in [4.78, 5) is 57.4. The number of allylic oxidation sites excluding steroid dienone is 8. The molecule has 0 bridgehead atoms. The number of nitrogens with one attached hydrogen (secondary N) is 3. The van der Waals surface area contributed by atoms with E-state index in [1.165, 1.54) is 16.7 Å². The van der Waals surface area contributed by atoms with Crippen molar-refractivity contribution in [3.05, 3.63) is 136 Å². The van der Waals surface area contributed by atoms with Gasteiger partial charge in [0.25, 0.3) is 25.8 Å². The van der Waals surface area contributed by atoms with Crippen molar-refractivity contribution in [3.63, 3.8) is 0 Å². The van der Waals surface area contributed by atoms with Crippen LogP contribution < -0.4 is 31.6 Å². The Morgan fingerprint density at radius 2 is 1.67 bits per heavy atom. The van der Waals surface area contributed by atoms with Crippen LogP contribution in [0.4, 0.5) is 23.3 Å². The third-order valence-electron chi connectivity index (χ3n) is 16.2. The van der Waals surface area contributed by atoms with Crippen LogP contribution in [0.25, 0.3) is 28.1 Å². The fraction of sp³-hybridized carbons (Fsp3) is 0.417. The normalized spacial score (nSPS) is 21.4. The summed E-state index contributed by atoms with van der Waals surface area (Å²) < 4.78 is 100. The number of nitrogens with two attached hydrogens (primary N) is 1. The third kappa shape index (κ3) is 14.8. The number of unbranched alkanes of at least 4 members (excludes halogenated alkanes) is 3. The number of nitrogens with zero attached hydrogens (tertiary/aromatic N) is 5. The third-order valence-corrected chi connectivity index (χ3v) is 18.3. The van der Waals surface area contributed by atoms with Gasteiger partial charge in [0.05, 0.1) is 28.2 Å². The largest absolute Gasteiger partial charge is 0.469 e. The molecule has 472 valence electrons. The molecule has 4 aliphatic heterocycles. The number of anilines is 3. The van der Waals surface area contributed by atoms with Gasteiger partial charge in [0.1, 0.15) is 36.4 Å². The summed E-state index contributed by atoms with van der Waals surface area (Å²) in [6.45, 7) is 11.4. The van der Waals surface area contributed by atoms with Gasteiger partial charge >= 0.3 is 7.82 Å². The number of aliphatic hydroxyl groups is 2. The van der Waals surface area contributed by atoms with Crippen LogP contribution in [0.3, 0.4) is 0 Å². The molecule has 11 N–H and O–H groups in total. The number of hydrogen-bond donors (Lipinski definition) is 10. The van der Waals surface area contributed by atoms with E-state index in [1.54, 1.807) is 6.07 Å². The Morgan fingerprint density at radius 1 is 0.932 bits per heavy atom. The number of aliphatic hydroxyl groups excluding tert-OH is 2. The first-order valence-electron chi connectivity index (χ1n) is 28.9. The van der Waals surface area contributed by atoms with Crippen LogP contribution in [0.15, 0.2) is 113 Å². The summed E-state index contributed by atoms with van der Waals surface area (Å²) in [6.07, 6.45) is 11.1. The maximum atomic E-state index is 13.4. The van der Waals surface area contributed by atoms with Crippen LogP contribution in [-0.2, 0) is 44.3 Å². The van der Waals surface area contributed by atoms with Gasteiger partial charge in [0.2, 0.25) is 23.5 Å². The second-order valence-corrected chi connectivity index (χ2v) is 27.1. The molecule has 1 unspecified atom stereocenters. The summed E-state index contributed by atoms with van der Waals surface area (Å²) in [5, 5.41) is 27.7. The average Bonchev–Trinajstić information content (AvgIpc) is 1.42. The number of carbonyl (C=O) groups is 1. The second-order valence-electron chi connectivity index (χ2n) is 22.9. The summed E-state index contributed by atoms with van der Waals surface area (Å²) in [7, 11) is -13.9. The molecule has 0 saturated carbocycles. The van der Waals surface area contributed by atoms with Gasteiger partial charge in [-0.3, -0.25) is 32.8 Å². The van der Waals surface area contributed by atoms with Gasteiger partial charge in [-0.25, -0.2) is 9.55 Å². The van der Waals surface area contributed by atoms with E-state index in [1.807, 2.05) is 78.3 Å². The summed E-state index contributed by atoms with van der Waals surface area (Å²) in [5.74, 6) is 0.432. The zero-order valence-electron chi connectivity index (χ0n) is 49.4. The summed E-state index contributed by atoms with van der Waals surface area (Å²) in [6, 6.07) is 18.4. The molecular weight excluding hydrogens is 1200 g/mol. The van der Waals surface area contributed by atoms with Crippen molar-refractivity contribution in [2.24, 2.45) is 0 Å². The van der Waals surface area contributed by atoms with E-state index < -0.39 is 75.9 Å². The number of carbonyl (C=O) groups excluding carboxylic acids is 1. The molecule has 25 nitrogen and oxygen atoms in total. The second kappa shape index (κ2) is 26.5. The molecule has 6 heterocycles. The van der Waals surface area contributed by atoms with Crippen molar-refractivity contribution in [3.8, 4) is 5.75 Å². The fourth-order valence-electron chi connectivity index (χ4n) is 12.1. The molecule has 0 aliphatic carbocycles. The maximum Gasteiger partial charge on any atom is 0.469 e. The number of likely N-dealkylation sites (N-methyl/N-ethyl adjacent to an activating group) is 1. The predicted molar refractivity (Wildman–Crippen MR) is 333 cm³/mol.